The Hall–Kier alpha value is -1.39. The fourth-order valence-corrected chi connectivity index (χ4v) is 1.76. The van der Waals surface area contributed by atoms with Crippen molar-refractivity contribution in [1.82, 2.24) is 5.32 Å². The SMILES string of the molecule is COCc1ccc(CNC(C(=O)O)C(C)C)cc1. The van der Waals surface area contributed by atoms with Crippen molar-refractivity contribution in [2.24, 2.45) is 5.92 Å². The first-order valence-electron chi connectivity index (χ1n) is 6.07. The maximum absolute atomic E-state index is 11.0. The molecule has 1 rings (SSSR count). The molecule has 2 N–H and O–H groups in total. The summed E-state index contributed by atoms with van der Waals surface area (Å²) in [5.74, 6) is -0.740. The van der Waals surface area contributed by atoms with E-state index in [0.717, 1.165) is 11.1 Å². The molecule has 0 saturated carbocycles. The third-order valence-corrected chi connectivity index (χ3v) is 2.79. The van der Waals surface area contributed by atoms with Crippen LogP contribution in [0.25, 0.3) is 0 Å². The van der Waals surface area contributed by atoms with E-state index < -0.39 is 12.0 Å². The van der Waals surface area contributed by atoms with Gasteiger partial charge in [-0.1, -0.05) is 38.1 Å². The van der Waals surface area contributed by atoms with Gasteiger partial charge in [0, 0.05) is 13.7 Å². The predicted octanol–water partition coefficient (Wildman–Crippen LogP) is 2.03. The molecule has 0 amide bonds. The molecular weight excluding hydrogens is 230 g/mol. The van der Waals surface area contributed by atoms with Gasteiger partial charge in [-0.2, -0.15) is 0 Å². The Morgan fingerprint density at radius 1 is 1.28 bits per heavy atom. The summed E-state index contributed by atoms with van der Waals surface area (Å²) in [5, 5.41) is 12.1. The molecule has 0 saturated heterocycles. The molecule has 1 atom stereocenters. The standard InChI is InChI=1S/C14H21NO3/c1-10(2)13(14(16)17)15-8-11-4-6-12(7-5-11)9-18-3/h4-7,10,13,15H,8-9H2,1-3H3,(H,16,17). The van der Waals surface area contributed by atoms with Gasteiger partial charge in [0.1, 0.15) is 6.04 Å². The van der Waals surface area contributed by atoms with Gasteiger partial charge in [0.2, 0.25) is 0 Å². The van der Waals surface area contributed by atoms with Crippen molar-refractivity contribution in [1.29, 1.82) is 0 Å². The lowest BCUT2D eigenvalue weighted by molar-refractivity contribution is -0.140. The molecule has 0 spiro atoms. The van der Waals surface area contributed by atoms with Crippen molar-refractivity contribution < 1.29 is 14.6 Å². The number of carboxylic acids is 1. The number of rotatable bonds is 7. The zero-order valence-electron chi connectivity index (χ0n) is 11.1. The van der Waals surface area contributed by atoms with E-state index in [9.17, 15) is 4.79 Å². The maximum atomic E-state index is 11.0. The molecule has 0 bridgehead atoms. The summed E-state index contributed by atoms with van der Waals surface area (Å²) in [6.45, 7) is 4.95. The molecule has 100 valence electrons. The van der Waals surface area contributed by atoms with Crippen molar-refractivity contribution in [2.75, 3.05) is 7.11 Å². The van der Waals surface area contributed by atoms with E-state index >= 15 is 0 Å². The lowest BCUT2D eigenvalue weighted by Gasteiger charge is -2.18. The van der Waals surface area contributed by atoms with Crippen molar-refractivity contribution in [3.05, 3.63) is 35.4 Å². The Labute approximate surface area is 108 Å². The Morgan fingerprint density at radius 3 is 2.28 bits per heavy atom. The number of aliphatic carboxylic acids is 1. The Morgan fingerprint density at radius 2 is 1.83 bits per heavy atom. The zero-order chi connectivity index (χ0) is 13.5. The van der Waals surface area contributed by atoms with Crippen LogP contribution in [0, 0.1) is 5.92 Å². The van der Waals surface area contributed by atoms with Gasteiger partial charge in [-0.3, -0.25) is 4.79 Å². The molecule has 0 fully saturated rings. The van der Waals surface area contributed by atoms with Gasteiger partial charge >= 0.3 is 5.97 Å². The molecule has 0 aromatic heterocycles. The normalized spacial score (nSPS) is 12.7. The monoisotopic (exact) mass is 251 g/mol. The molecule has 0 aliphatic carbocycles. The fourth-order valence-electron chi connectivity index (χ4n) is 1.76. The molecule has 4 heteroatoms. The van der Waals surface area contributed by atoms with E-state index in [1.165, 1.54) is 0 Å². The number of carbonyl (C=O) groups is 1. The van der Waals surface area contributed by atoms with Crippen LogP contribution in [0.2, 0.25) is 0 Å². The lowest BCUT2D eigenvalue weighted by atomic mass is 10.0. The first-order chi connectivity index (χ1) is 8.54. The van der Waals surface area contributed by atoms with E-state index in [1.54, 1.807) is 7.11 Å². The fraction of sp³-hybridized carbons (Fsp3) is 0.500. The van der Waals surface area contributed by atoms with Gasteiger partial charge in [-0.15, -0.1) is 0 Å². The topological polar surface area (TPSA) is 58.6 Å². The number of ether oxygens (including phenoxy) is 1. The third-order valence-electron chi connectivity index (χ3n) is 2.79. The van der Waals surface area contributed by atoms with Crippen LogP contribution in [0.15, 0.2) is 24.3 Å². The van der Waals surface area contributed by atoms with Gasteiger partial charge in [0.15, 0.2) is 0 Å². The molecule has 4 nitrogen and oxygen atoms in total. The molecule has 0 heterocycles. The molecule has 1 unspecified atom stereocenters. The summed E-state index contributed by atoms with van der Waals surface area (Å²) in [4.78, 5) is 11.0. The van der Waals surface area contributed by atoms with Crippen LogP contribution in [0.5, 0.6) is 0 Å². The molecular formula is C14H21NO3. The number of benzene rings is 1. The summed E-state index contributed by atoms with van der Waals surface area (Å²) in [5.41, 5.74) is 2.18. The summed E-state index contributed by atoms with van der Waals surface area (Å²) >= 11 is 0. The van der Waals surface area contributed by atoms with Crippen molar-refractivity contribution in [3.8, 4) is 0 Å². The Balaban J connectivity index is 2.54. The van der Waals surface area contributed by atoms with E-state index in [1.807, 2.05) is 38.1 Å². The van der Waals surface area contributed by atoms with Gasteiger partial charge in [0.25, 0.3) is 0 Å². The molecule has 0 aliphatic heterocycles. The van der Waals surface area contributed by atoms with Crippen molar-refractivity contribution >= 4 is 5.97 Å². The number of hydrogen-bond donors (Lipinski definition) is 2. The van der Waals surface area contributed by atoms with Gasteiger partial charge in [-0.05, 0) is 17.0 Å². The average molecular weight is 251 g/mol. The summed E-state index contributed by atoms with van der Waals surface area (Å²) in [6.07, 6.45) is 0. The Kier molecular flexibility index (Phi) is 5.82. The minimum absolute atomic E-state index is 0.0651. The number of carboxylic acid groups (broad SMARTS) is 1. The molecule has 0 aliphatic rings. The number of hydrogen-bond acceptors (Lipinski definition) is 3. The minimum atomic E-state index is -0.805. The first kappa shape index (κ1) is 14.7. The van der Waals surface area contributed by atoms with Crippen molar-refractivity contribution in [2.45, 2.75) is 33.0 Å². The van der Waals surface area contributed by atoms with Crippen LogP contribution in [0.1, 0.15) is 25.0 Å². The summed E-state index contributed by atoms with van der Waals surface area (Å²) in [6, 6.07) is 7.45. The highest BCUT2D eigenvalue weighted by atomic mass is 16.5. The quantitative estimate of drug-likeness (QED) is 0.778. The van der Waals surface area contributed by atoms with E-state index in [-0.39, 0.29) is 5.92 Å². The van der Waals surface area contributed by atoms with Crippen LogP contribution in [0.4, 0.5) is 0 Å². The van der Waals surface area contributed by atoms with Crippen molar-refractivity contribution in [3.63, 3.8) is 0 Å². The van der Waals surface area contributed by atoms with Crippen LogP contribution in [0.3, 0.4) is 0 Å². The highest BCUT2D eigenvalue weighted by molar-refractivity contribution is 5.73. The molecule has 1 aromatic rings. The van der Waals surface area contributed by atoms with Gasteiger partial charge < -0.3 is 15.2 Å². The first-order valence-corrected chi connectivity index (χ1v) is 6.07. The van der Waals surface area contributed by atoms with E-state index in [4.69, 9.17) is 9.84 Å². The highest BCUT2D eigenvalue weighted by Crippen LogP contribution is 2.07. The second-order valence-corrected chi connectivity index (χ2v) is 4.69. The van der Waals surface area contributed by atoms with Crippen LogP contribution in [-0.2, 0) is 22.7 Å². The zero-order valence-corrected chi connectivity index (χ0v) is 11.1. The largest absolute Gasteiger partial charge is 0.480 e. The maximum Gasteiger partial charge on any atom is 0.320 e. The highest BCUT2D eigenvalue weighted by Gasteiger charge is 2.20. The number of methoxy groups -OCH3 is 1. The summed E-state index contributed by atoms with van der Waals surface area (Å²) in [7, 11) is 1.66. The third kappa shape index (κ3) is 4.47. The predicted molar refractivity (Wildman–Crippen MR) is 70.3 cm³/mol. The second kappa shape index (κ2) is 7.13. The Bertz CT molecular complexity index is 373. The molecule has 0 radical (unpaired) electrons. The number of nitrogens with one attached hydrogen (secondary N) is 1. The van der Waals surface area contributed by atoms with Crippen LogP contribution < -0.4 is 5.32 Å². The van der Waals surface area contributed by atoms with Gasteiger partial charge in [0.05, 0.1) is 6.61 Å². The smallest absolute Gasteiger partial charge is 0.320 e. The molecule has 18 heavy (non-hydrogen) atoms. The van der Waals surface area contributed by atoms with Crippen LogP contribution >= 0.6 is 0 Å². The van der Waals surface area contributed by atoms with Gasteiger partial charge in [-0.25, -0.2) is 0 Å². The molecule has 1 aromatic carbocycles. The van der Waals surface area contributed by atoms with E-state index in [0.29, 0.717) is 13.2 Å². The summed E-state index contributed by atoms with van der Waals surface area (Å²) < 4.78 is 5.04. The average Bonchev–Trinajstić information content (AvgIpc) is 2.31. The van der Waals surface area contributed by atoms with E-state index in [2.05, 4.69) is 5.32 Å². The minimum Gasteiger partial charge on any atom is -0.480 e. The second-order valence-electron chi connectivity index (χ2n) is 4.69. The van der Waals surface area contributed by atoms with Crippen LogP contribution in [-0.4, -0.2) is 24.2 Å². The lowest BCUT2D eigenvalue weighted by Crippen LogP contribution is -2.40.